The lowest BCUT2D eigenvalue weighted by atomic mass is 10.2. The Labute approximate surface area is 58.3 Å². The minimum atomic E-state index is -0.936. The molecule has 1 rings (SSSR count). The number of hydrogen-bond acceptors (Lipinski definition) is 3. The summed E-state index contributed by atoms with van der Waals surface area (Å²) < 4.78 is 0. The third-order valence-corrected chi connectivity index (χ3v) is 1.23. The van der Waals surface area contributed by atoms with Crippen molar-refractivity contribution in [1.82, 2.24) is 0 Å². The molecule has 54 valence electrons. The summed E-state index contributed by atoms with van der Waals surface area (Å²) in [6, 6.07) is 0. The molecule has 0 amide bonds. The van der Waals surface area contributed by atoms with Gasteiger partial charge in [-0.15, -0.1) is 0 Å². The Morgan fingerprint density at radius 1 is 1.70 bits per heavy atom. The SMILES string of the molecule is CC1=NCCC(C(=O)O)=N1. The Morgan fingerprint density at radius 2 is 2.40 bits per heavy atom. The highest BCUT2D eigenvalue weighted by atomic mass is 16.4. The molecule has 0 saturated heterocycles. The predicted molar refractivity (Wildman–Crippen MR) is 37.7 cm³/mol. The molecular weight excluding hydrogens is 132 g/mol. The first-order valence-electron chi connectivity index (χ1n) is 3.02. The van der Waals surface area contributed by atoms with Crippen molar-refractivity contribution in [3.8, 4) is 0 Å². The van der Waals surface area contributed by atoms with Gasteiger partial charge in [0.15, 0.2) is 0 Å². The van der Waals surface area contributed by atoms with Gasteiger partial charge < -0.3 is 5.11 Å². The zero-order chi connectivity index (χ0) is 7.56. The van der Waals surface area contributed by atoms with Gasteiger partial charge in [0.25, 0.3) is 0 Å². The molecule has 0 aromatic carbocycles. The van der Waals surface area contributed by atoms with Crippen LogP contribution in [-0.4, -0.2) is 29.2 Å². The van der Waals surface area contributed by atoms with Crippen molar-refractivity contribution in [2.24, 2.45) is 9.98 Å². The van der Waals surface area contributed by atoms with Crippen LogP contribution in [-0.2, 0) is 4.79 Å². The fraction of sp³-hybridized carbons (Fsp3) is 0.500. The average Bonchev–Trinajstić information content (AvgIpc) is 1.88. The fourth-order valence-corrected chi connectivity index (χ4v) is 0.765. The van der Waals surface area contributed by atoms with Crippen molar-refractivity contribution in [2.75, 3.05) is 6.54 Å². The molecule has 0 spiro atoms. The van der Waals surface area contributed by atoms with E-state index in [2.05, 4.69) is 9.98 Å². The standard InChI is InChI=1S/C6H8N2O2/c1-4-7-3-2-5(8-4)6(9)10/h2-3H2,1H3,(H,9,10). The number of carboxylic acids is 1. The second-order valence-corrected chi connectivity index (χ2v) is 2.04. The maximum absolute atomic E-state index is 10.3. The molecule has 4 nitrogen and oxygen atoms in total. The van der Waals surface area contributed by atoms with Crippen LogP contribution in [0.1, 0.15) is 13.3 Å². The van der Waals surface area contributed by atoms with Crippen LogP contribution < -0.4 is 0 Å². The fourth-order valence-electron chi connectivity index (χ4n) is 0.765. The molecule has 0 radical (unpaired) electrons. The van der Waals surface area contributed by atoms with Gasteiger partial charge in [-0.2, -0.15) is 0 Å². The number of aliphatic imine (C=N–C) groups is 2. The lowest BCUT2D eigenvalue weighted by molar-refractivity contribution is -0.129. The van der Waals surface area contributed by atoms with Gasteiger partial charge in [-0.3, -0.25) is 4.99 Å². The van der Waals surface area contributed by atoms with E-state index in [1.54, 1.807) is 6.92 Å². The van der Waals surface area contributed by atoms with Crippen LogP contribution in [0.4, 0.5) is 0 Å². The average molecular weight is 140 g/mol. The van der Waals surface area contributed by atoms with E-state index in [1.807, 2.05) is 0 Å². The first kappa shape index (κ1) is 6.92. The summed E-state index contributed by atoms with van der Waals surface area (Å²) in [7, 11) is 0. The molecule has 0 atom stereocenters. The molecule has 0 bridgehead atoms. The third kappa shape index (κ3) is 1.40. The van der Waals surface area contributed by atoms with Crippen molar-refractivity contribution in [3.05, 3.63) is 0 Å². The zero-order valence-electron chi connectivity index (χ0n) is 5.66. The van der Waals surface area contributed by atoms with E-state index in [1.165, 1.54) is 0 Å². The lowest BCUT2D eigenvalue weighted by Crippen LogP contribution is -2.18. The molecule has 1 heterocycles. The summed E-state index contributed by atoms with van der Waals surface area (Å²) in [6.45, 7) is 2.25. The lowest BCUT2D eigenvalue weighted by Gasteiger charge is -2.04. The molecule has 4 heteroatoms. The summed E-state index contributed by atoms with van der Waals surface area (Å²) in [5.74, 6) is -0.377. The number of carbonyl (C=O) groups is 1. The monoisotopic (exact) mass is 140 g/mol. The molecule has 0 aliphatic carbocycles. The van der Waals surface area contributed by atoms with E-state index >= 15 is 0 Å². The molecule has 1 aliphatic rings. The maximum atomic E-state index is 10.3. The Hall–Kier alpha value is -1.19. The molecule has 0 aromatic heterocycles. The van der Waals surface area contributed by atoms with E-state index in [4.69, 9.17) is 5.11 Å². The minimum absolute atomic E-state index is 0.215. The van der Waals surface area contributed by atoms with Gasteiger partial charge in [-0.05, 0) is 6.92 Å². The number of nitrogens with zero attached hydrogens (tertiary/aromatic N) is 2. The summed E-state index contributed by atoms with van der Waals surface area (Å²) in [5, 5.41) is 8.47. The first-order valence-corrected chi connectivity index (χ1v) is 3.02. The Bertz CT molecular complexity index is 218. The van der Waals surface area contributed by atoms with Gasteiger partial charge in [-0.1, -0.05) is 0 Å². The number of aliphatic carboxylic acids is 1. The van der Waals surface area contributed by atoms with Gasteiger partial charge in [0, 0.05) is 13.0 Å². The van der Waals surface area contributed by atoms with E-state index in [-0.39, 0.29) is 5.71 Å². The highest BCUT2D eigenvalue weighted by Gasteiger charge is 2.11. The van der Waals surface area contributed by atoms with Crippen molar-refractivity contribution < 1.29 is 9.90 Å². The van der Waals surface area contributed by atoms with Crippen LogP contribution in [0.5, 0.6) is 0 Å². The van der Waals surface area contributed by atoms with Crippen LogP contribution in [0, 0.1) is 0 Å². The summed E-state index contributed by atoms with van der Waals surface area (Å²) in [4.78, 5) is 18.0. The smallest absolute Gasteiger partial charge is 0.350 e. The van der Waals surface area contributed by atoms with Crippen LogP contribution >= 0.6 is 0 Å². The molecule has 0 saturated carbocycles. The van der Waals surface area contributed by atoms with E-state index in [9.17, 15) is 4.79 Å². The molecule has 10 heavy (non-hydrogen) atoms. The predicted octanol–water partition coefficient (Wildman–Crippen LogP) is 0.334. The zero-order valence-corrected chi connectivity index (χ0v) is 5.66. The topological polar surface area (TPSA) is 62.0 Å². The minimum Gasteiger partial charge on any atom is -0.477 e. The maximum Gasteiger partial charge on any atom is 0.350 e. The largest absolute Gasteiger partial charge is 0.477 e. The van der Waals surface area contributed by atoms with E-state index < -0.39 is 5.97 Å². The van der Waals surface area contributed by atoms with E-state index in [0.717, 1.165) is 0 Å². The van der Waals surface area contributed by atoms with Crippen molar-refractivity contribution in [2.45, 2.75) is 13.3 Å². The second-order valence-electron chi connectivity index (χ2n) is 2.04. The third-order valence-electron chi connectivity index (χ3n) is 1.23. The highest BCUT2D eigenvalue weighted by Crippen LogP contribution is 1.98. The van der Waals surface area contributed by atoms with E-state index in [0.29, 0.717) is 18.8 Å². The normalized spacial score (nSPS) is 17.7. The van der Waals surface area contributed by atoms with Crippen molar-refractivity contribution in [1.29, 1.82) is 0 Å². The highest BCUT2D eigenvalue weighted by molar-refractivity contribution is 6.37. The van der Waals surface area contributed by atoms with Crippen LogP contribution in [0.25, 0.3) is 0 Å². The first-order chi connectivity index (χ1) is 4.70. The summed E-state index contributed by atoms with van der Waals surface area (Å²) >= 11 is 0. The second kappa shape index (κ2) is 2.60. The van der Waals surface area contributed by atoms with Gasteiger partial charge in [0.1, 0.15) is 11.5 Å². The van der Waals surface area contributed by atoms with Gasteiger partial charge in [0.2, 0.25) is 0 Å². The summed E-state index contributed by atoms with van der Waals surface area (Å²) in [6.07, 6.45) is 0.451. The van der Waals surface area contributed by atoms with Crippen LogP contribution in [0.15, 0.2) is 9.98 Å². The summed E-state index contributed by atoms with van der Waals surface area (Å²) in [5.41, 5.74) is 0.215. The van der Waals surface area contributed by atoms with Gasteiger partial charge >= 0.3 is 5.97 Å². The quantitative estimate of drug-likeness (QED) is 0.570. The molecular formula is C6H8N2O2. The Balaban J connectivity index is 2.78. The van der Waals surface area contributed by atoms with Gasteiger partial charge in [0.05, 0.1) is 0 Å². The van der Waals surface area contributed by atoms with Crippen molar-refractivity contribution in [3.63, 3.8) is 0 Å². The Morgan fingerprint density at radius 3 is 2.80 bits per heavy atom. The molecule has 0 aromatic rings. The van der Waals surface area contributed by atoms with Crippen LogP contribution in [0.2, 0.25) is 0 Å². The molecule has 0 fully saturated rings. The Kier molecular flexibility index (Phi) is 1.80. The number of hydrogen-bond donors (Lipinski definition) is 1. The van der Waals surface area contributed by atoms with Gasteiger partial charge in [-0.25, -0.2) is 9.79 Å². The molecule has 1 aliphatic heterocycles. The van der Waals surface area contributed by atoms with Crippen LogP contribution in [0.3, 0.4) is 0 Å². The number of rotatable bonds is 1. The number of amidine groups is 1. The molecule has 0 unspecified atom stereocenters. The molecule has 1 N–H and O–H groups in total. The number of carboxylic acid groups (broad SMARTS) is 1. The van der Waals surface area contributed by atoms with Crippen molar-refractivity contribution >= 4 is 17.5 Å².